The number of nitrogens with one attached hydrogen (secondary N) is 1. The summed E-state index contributed by atoms with van der Waals surface area (Å²) in [5, 5.41) is 15.7. The summed E-state index contributed by atoms with van der Waals surface area (Å²) in [7, 11) is 3.15. The number of fused-ring (bicyclic) bond motifs is 1. The molecule has 0 bridgehead atoms. The van der Waals surface area contributed by atoms with Crippen LogP contribution < -0.4 is 5.32 Å². The van der Waals surface area contributed by atoms with E-state index in [0.29, 0.717) is 6.42 Å². The SMILES string of the molecule is CCC(O)NC(OC)(OC)C(c1c(C)ccc2ccccc12)n1ccnc1. The maximum Gasteiger partial charge on any atom is 0.255 e. The highest BCUT2D eigenvalue weighted by atomic mass is 16.7. The van der Waals surface area contributed by atoms with Crippen LogP contribution in [0, 0.1) is 6.92 Å². The summed E-state index contributed by atoms with van der Waals surface area (Å²) in [6.45, 7) is 3.96. The average molecular weight is 369 g/mol. The van der Waals surface area contributed by atoms with E-state index in [0.717, 1.165) is 21.9 Å². The zero-order valence-electron chi connectivity index (χ0n) is 16.2. The summed E-state index contributed by atoms with van der Waals surface area (Å²) in [5.74, 6) is -1.29. The molecule has 0 fully saturated rings. The van der Waals surface area contributed by atoms with Crippen molar-refractivity contribution in [1.29, 1.82) is 0 Å². The van der Waals surface area contributed by atoms with Gasteiger partial charge in [0.1, 0.15) is 12.3 Å². The van der Waals surface area contributed by atoms with Crippen molar-refractivity contribution in [1.82, 2.24) is 14.9 Å². The van der Waals surface area contributed by atoms with Crippen molar-refractivity contribution in [2.24, 2.45) is 0 Å². The van der Waals surface area contributed by atoms with Crippen molar-refractivity contribution in [2.45, 2.75) is 38.4 Å². The fraction of sp³-hybridized carbons (Fsp3) is 0.381. The van der Waals surface area contributed by atoms with Crippen LogP contribution in [0.15, 0.2) is 55.1 Å². The van der Waals surface area contributed by atoms with Crippen molar-refractivity contribution in [2.75, 3.05) is 14.2 Å². The molecule has 6 nitrogen and oxygen atoms in total. The summed E-state index contributed by atoms with van der Waals surface area (Å²) in [4.78, 5) is 4.22. The van der Waals surface area contributed by atoms with Crippen LogP contribution in [0.25, 0.3) is 10.8 Å². The lowest BCUT2D eigenvalue weighted by molar-refractivity contribution is -0.262. The van der Waals surface area contributed by atoms with Crippen molar-refractivity contribution < 1.29 is 14.6 Å². The van der Waals surface area contributed by atoms with E-state index in [4.69, 9.17) is 9.47 Å². The summed E-state index contributed by atoms with van der Waals surface area (Å²) in [6.07, 6.45) is 5.06. The third kappa shape index (κ3) is 3.61. The smallest absolute Gasteiger partial charge is 0.255 e. The summed E-state index contributed by atoms with van der Waals surface area (Å²) in [6, 6.07) is 12.0. The zero-order valence-corrected chi connectivity index (χ0v) is 16.2. The molecule has 2 unspecified atom stereocenters. The molecule has 2 atom stereocenters. The molecule has 0 spiro atoms. The van der Waals surface area contributed by atoms with Crippen molar-refractivity contribution in [3.05, 3.63) is 66.2 Å². The number of ether oxygens (including phenoxy) is 2. The number of imidazole rings is 1. The molecule has 27 heavy (non-hydrogen) atoms. The molecule has 0 aliphatic rings. The molecule has 6 heteroatoms. The Bertz CT molecular complexity index is 876. The number of aliphatic hydroxyl groups is 1. The molecular formula is C21H27N3O3. The van der Waals surface area contributed by atoms with Gasteiger partial charge in [-0.3, -0.25) is 0 Å². The number of hydrogen-bond acceptors (Lipinski definition) is 5. The van der Waals surface area contributed by atoms with E-state index < -0.39 is 18.2 Å². The van der Waals surface area contributed by atoms with E-state index >= 15 is 0 Å². The lowest BCUT2D eigenvalue weighted by Gasteiger charge is -2.41. The van der Waals surface area contributed by atoms with Crippen LogP contribution in [0.2, 0.25) is 0 Å². The minimum atomic E-state index is -1.29. The summed E-state index contributed by atoms with van der Waals surface area (Å²) in [5.41, 5.74) is 2.14. The Morgan fingerprint density at radius 2 is 1.93 bits per heavy atom. The van der Waals surface area contributed by atoms with E-state index in [1.165, 1.54) is 0 Å². The first-order valence-corrected chi connectivity index (χ1v) is 9.08. The number of aromatic nitrogens is 2. The second kappa shape index (κ2) is 8.19. The number of aliphatic hydroxyl groups excluding tert-OH is 1. The van der Waals surface area contributed by atoms with Crippen LogP contribution >= 0.6 is 0 Å². The summed E-state index contributed by atoms with van der Waals surface area (Å²) >= 11 is 0. The standard InChI is InChI=1S/C21H27N3O3/c1-5-18(25)23-21(26-3,27-4)20(24-13-12-22-14-24)19-15(2)10-11-16-8-6-7-9-17(16)19/h6-14,18,20,23,25H,5H2,1-4H3. The number of methoxy groups -OCH3 is 2. The first kappa shape index (κ1) is 19.5. The Hall–Kier alpha value is -2.25. The van der Waals surface area contributed by atoms with Gasteiger partial charge in [0, 0.05) is 26.6 Å². The van der Waals surface area contributed by atoms with E-state index in [1.54, 1.807) is 26.7 Å². The largest absolute Gasteiger partial charge is 0.378 e. The quantitative estimate of drug-likeness (QED) is 0.597. The first-order valence-electron chi connectivity index (χ1n) is 9.08. The van der Waals surface area contributed by atoms with Crippen LogP contribution in [0.3, 0.4) is 0 Å². The predicted molar refractivity (Wildman–Crippen MR) is 105 cm³/mol. The van der Waals surface area contributed by atoms with Crippen molar-refractivity contribution >= 4 is 10.8 Å². The highest BCUT2D eigenvalue weighted by molar-refractivity contribution is 5.87. The van der Waals surface area contributed by atoms with Crippen molar-refractivity contribution in [3.8, 4) is 0 Å². The highest BCUT2D eigenvalue weighted by Crippen LogP contribution is 2.38. The molecule has 3 rings (SSSR count). The minimum absolute atomic E-state index is 0.415. The molecule has 0 amide bonds. The third-order valence-electron chi connectivity index (χ3n) is 5.01. The van der Waals surface area contributed by atoms with E-state index in [1.807, 2.05) is 29.8 Å². The molecule has 0 saturated heterocycles. The third-order valence-corrected chi connectivity index (χ3v) is 5.01. The van der Waals surface area contributed by atoms with Crippen LogP contribution in [0.5, 0.6) is 0 Å². The fourth-order valence-electron chi connectivity index (χ4n) is 3.56. The number of hydrogen-bond donors (Lipinski definition) is 2. The van der Waals surface area contributed by atoms with Gasteiger partial charge in [0.05, 0.1) is 6.33 Å². The second-order valence-electron chi connectivity index (χ2n) is 6.57. The molecule has 1 aromatic heterocycles. The van der Waals surface area contributed by atoms with Gasteiger partial charge in [-0.1, -0.05) is 43.3 Å². The normalized spacial score (nSPS) is 14.4. The molecule has 1 heterocycles. The molecule has 0 aliphatic heterocycles. The lowest BCUT2D eigenvalue weighted by Crippen LogP contribution is -2.58. The fourth-order valence-corrected chi connectivity index (χ4v) is 3.56. The molecule has 2 N–H and O–H groups in total. The van der Waals surface area contributed by atoms with Gasteiger partial charge in [-0.05, 0) is 35.2 Å². The van der Waals surface area contributed by atoms with Gasteiger partial charge in [0.2, 0.25) is 0 Å². The van der Waals surface area contributed by atoms with E-state index in [2.05, 4.69) is 41.5 Å². The van der Waals surface area contributed by atoms with Crippen LogP contribution in [0.1, 0.15) is 30.5 Å². The number of rotatable bonds is 8. The maximum atomic E-state index is 10.3. The molecule has 144 valence electrons. The monoisotopic (exact) mass is 369 g/mol. The zero-order chi connectivity index (χ0) is 19.4. The molecule has 0 radical (unpaired) electrons. The molecular weight excluding hydrogens is 342 g/mol. The highest BCUT2D eigenvalue weighted by Gasteiger charge is 2.44. The maximum absolute atomic E-state index is 10.3. The van der Waals surface area contributed by atoms with E-state index in [9.17, 15) is 5.11 Å². The Kier molecular flexibility index (Phi) is 5.92. The number of aryl methyl sites for hydroxylation is 1. The van der Waals surface area contributed by atoms with E-state index in [-0.39, 0.29) is 0 Å². The minimum Gasteiger partial charge on any atom is -0.378 e. The van der Waals surface area contributed by atoms with Gasteiger partial charge in [0.15, 0.2) is 0 Å². The number of nitrogens with zero attached hydrogens (tertiary/aromatic N) is 2. The van der Waals surface area contributed by atoms with Gasteiger partial charge in [-0.2, -0.15) is 0 Å². The molecule has 0 aliphatic carbocycles. The van der Waals surface area contributed by atoms with Crippen molar-refractivity contribution in [3.63, 3.8) is 0 Å². The second-order valence-corrected chi connectivity index (χ2v) is 6.57. The molecule has 3 aromatic rings. The van der Waals surface area contributed by atoms with Gasteiger partial charge in [0.25, 0.3) is 5.91 Å². The van der Waals surface area contributed by atoms with Crippen LogP contribution in [-0.2, 0) is 9.47 Å². The van der Waals surface area contributed by atoms with Crippen LogP contribution in [0.4, 0.5) is 0 Å². The first-order chi connectivity index (χ1) is 13.1. The van der Waals surface area contributed by atoms with Gasteiger partial charge >= 0.3 is 0 Å². The Balaban J connectivity index is 2.29. The van der Waals surface area contributed by atoms with Crippen LogP contribution in [-0.4, -0.2) is 41.0 Å². The molecule has 2 aromatic carbocycles. The predicted octanol–water partition coefficient (Wildman–Crippen LogP) is 3.20. The average Bonchev–Trinajstić information content (AvgIpc) is 3.23. The summed E-state index contributed by atoms with van der Waals surface area (Å²) < 4.78 is 13.7. The van der Waals surface area contributed by atoms with Gasteiger partial charge in [-0.15, -0.1) is 0 Å². The molecule has 0 saturated carbocycles. The lowest BCUT2D eigenvalue weighted by atomic mass is 9.91. The topological polar surface area (TPSA) is 68.5 Å². The Morgan fingerprint density at radius 3 is 2.56 bits per heavy atom. The number of benzene rings is 2. The Labute approximate surface area is 159 Å². The Morgan fingerprint density at radius 1 is 1.19 bits per heavy atom. The van der Waals surface area contributed by atoms with Gasteiger partial charge < -0.3 is 19.1 Å². The van der Waals surface area contributed by atoms with Gasteiger partial charge in [-0.25, -0.2) is 10.3 Å².